The topological polar surface area (TPSA) is 286 Å². The maximum absolute atomic E-state index is 12.9. The summed E-state index contributed by atoms with van der Waals surface area (Å²) in [6, 6.07) is 1.24. The van der Waals surface area contributed by atoms with Crippen LogP contribution in [-0.4, -0.2) is 96.9 Å². The summed E-state index contributed by atoms with van der Waals surface area (Å²) < 4.78 is 56.8. The molecule has 0 aromatic carbocycles. The number of carbonyl (C=O) groups is 2. The van der Waals surface area contributed by atoms with Crippen LogP contribution in [0.1, 0.15) is 188 Å². The average Bonchev–Trinajstić information content (AvgIpc) is 3.59. The van der Waals surface area contributed by atoms with Crippen molar-refractivity contribution in [1.82, 2.24) is 9.55 Å². The number of ether oxygens (including phenoxy) is 3. The Labute approximate surface area is 421 Å². The lowest BCUT2D eigenvalue weighted by Gasteiger charge is -2.21. The lowest BCUT2D eigenvalue weighted by Crippen LogP contribution is -2.36. The van der Waals surface area contributed by atoms with E-state index >= 15 is 0 Å². The molecule has 2 heterocycles. The Morgan fingerprint density at radius 1 is 0.761 bits per heavy atom. The van der Waals surface area contributed by atoms with E-state index in [9.17, 15) is 48.6 Å². The van der Waals surface area contributed by atoms with Gasteiger partial charge in [0, 0.05) is 19.0 Å². The van der Waals surface area contributed by atoms with Gasteiger partial charge in [0.25, 0.3) is 0 Å². The van der Waals surface area contributed by atoms with Gasteiger partial charge in [-0.05, 0) is 44.1 Å². The van der Waals surface area contributed by atoms with Gasteiger partial charge in [0.2, 0.25) is 0 Å². The Balaban J connectivity index is 1.81. The van der Waals surface area contributed by atoms with Crippen LogP contribution in [-0.2, 0) is 46.3 Å². The molecule has 1 fully saturated rings. The fourth-order valence-electron chi connectivity index (χ4n) is 7.74. The molecule has 21 heteroatoms. The predicted octanol–water partition coefficient (Wildman–Crippen LogP) is 9.61. The molecule has 0 amide bonds. The number of unbranched alkanes of at least 4 members (excludes halogenated alkanes) is 17. The summed E-state index contributed by atoms with van der Waals surface area (Å²) >= 11 is 0. The zero-order chi connectivity index (χ0) is 52.3. The number of aromatic nitrogens is 2. The molecule has 1 saturated heterocycles. The van der Waals surface area contributed by atoms with Crippen molar-refractivity contribution >= 4 is 33.4 Å². The van der Waals surface area contributed by atoms with Crippen molar-refractivity contribution in [2.24, 2.45) is 5.92 Å². The number of nitrogens with two attached hydrogens (primary N) is 1. The number of carbonyl (C=O) groups excluding carboxylic acids is 2. The minimum absolute atomic E-state index is 0.0321. The Morgan fingerprint density at radius 2 is 1.31 bits per heavy atom. The van der Waals surface area contributed by atoms with Gasteiger partial charge < -0.3 is 45.1 Å². The van der Waals surface area contributed by atoms with Crippen LogP contribution in [0.2, 0.25) is 0 Å². The highest BCUT2D eigenvalue weighted by Crippen LogP contribution is 2.60. The van der Waals surface area contributed by atoms with Crippen LogP contribution in [0.5, 0.6) is 0 Å². The lowest BCUT2D eigenvalue weighted by molar-refractivity contribution is -0.161. The molecule has 1 aromatic rings. The molecule has 0 aliphatic carbocycles. The van der Waals surface area contributed by atoms with Crippen molar-refractivity contribution in [3.8, 4) is 0 Å². The van der Waals surface area contributed by atoms with Crippen molar-refractivity contribution in [2.75, 3.05) is 25.6 Å². The van der Waals surface area contributed by atoms with Crippen molar-refractivity contribution in [3.63, 3.8) is 0 Å². The number of nitrogens with zero attached hydrogens (tertiary/aromatic N) is 2. The summed E-state index contributed by atoms with van der Waals surface area (Å²) in [5.41, 5.74) is 4.58. The number of esters is 2. The molecular weight excluding hydrogens is 961 g/mol. The number of hydrogen-bond donors (Lipinski definition) is 6. The molecule has 408 valence electrons. The smallest absolute Gasteiger partial charge is 0.462 e. The lowest BCUT2D eigenvalue weighted by atomic mass is 10.0. The Bertz CT molecular complexity index is 1860. The molecule has 3 unspecified atom stereocenters. The van der Waals surface area contributed by atoms with Crippen LogP contribution >= 0.6 is 15.6 Å². The SMILES string of the molecule is CC/C=C/C/C=C/C=C/C(O)CCCCCCCC(=O)OC[C@H](COP(=O)(O)OP(=O)(O)OC[C@H]1O[C@@H](n2ccc(N)nc2=O)[C@H](O)[C@@H]1O)OC(=O)CCCCCCCCCCCCCCCCC(C)C. The second-order valence-corrected chi connectivity index (χ2v) is 21.7. The molecule has 0 spiro atoms. The van der Waals surface area contributed by atoms with E-state index in [2.05, 4.69) is 42.2 Å². The van der Waals surface area contributed by atoms with Gasteiger partial charge in [-0.15, -0.1) is 0 Å². The van der Waals surface area contributed by atoms with Crippen molar-refractivity contribution in [1.29, 1.82) is 0 Å². The second-order valence-electron chi connectivity index (χ2n) is 18.7. The van der Waals surface area contributed by atoms with Crippen LogP contribution < -0.4 is 11.4 Å². The zero-order valence-electron chi connectivity index (χ0n) is 42.6. The van der Waals surface area contributed by atoms with E-state index in [1.165, 1.54) is 70.3 Å². The first-order valence-corrected chi connectivity index (χ1v) is 29.0. The fourth-order valence-corrected chi connectivity index (χ4v) is 9.85. The normalized spacial score (nSPS) is 20.0. The minimum Gasteiger partial charge on any atom is -0.462 e. The van der Waals surface area contributed by atoms with Crippen LogP contribution in [0.25, 0.3) is 0 Å². The third kappa shape index (κ3) is 31.3. The Hall–Kier alpha value is -3.06. The number of nitrogen functional groups attached to an aromatic ring is 1. The summed E-state index contributed by atoms with van der Waals surface area (Å²) in [7, 11) is -10.9. The van der Waals surface area contributed by atoms with Gasteiger partial charge in [-0.1, -0.05) is 173 Å². The van der Waals surface area contributed by atoms with Gasteiger partial charge >= 0.3 is 33.3 Å². The number of aliphatic hydroxyl groups excluding tert-OH is 3. The molecule has 0 bridgehead atoms. The van der Waals surface area contributed by atoms with Gasteiger partial charge in [-0.25, -0.2) is 13.9 Å². The summed E-state index contributed by atoms with van der Waals surface area (Å²) in [6.07, 6.45) is 28.2. The highest BCUT2D eigenvalue weighted by Gasteiger charge is 2.46. The molecule has 0 saturated carbocycles. The van der Waals surface area contributed by atoms with Gasteiger partial charge in [0.05, 0.1) is 19.3 Å². The van der Waals surface area contributed by atoms with E-state index in [0.29, 0.717) is 19.3 Å². The summed E-state index contributed by atoms with van der Waals surface area (Å²) in [5.74, 6) is -0.585. The minimum atomic E-state index is -5.44. The third-order valence-electron chi connectivity index (χ3n) is 11.8. The summed E-state index contributed by atoms with van der Waals surface area (Å²) in [4.78, 5) is 62.0. The second kappa shape index (κ2) is 37.6. The van der Waals surface area contributed by atoms with E-state index in [1.807, 2.05) is 18.2 Å². The van der Waals surface area contributed by atoms with E-state index in [1.54, 1.807) is 6.08 Å². The van der Waals surface area contributed by atoms with E-state index < -0.39 is 89.8 Å². The maximum Gasteiger partial charge on any atom is 0.481 e. The monoisotopic (exact) mass is 1050 g/mol. The number of rotatable bonds is 42. The van der Waals surface area contributed by atoms with Crippen molar-refractivity contribution in [3.05, 3.63) is 59.2 Å². The largest absolute Gasteiger partial charge is 0.481 e. The van der Waals surface area contributed by atoms with Crippen LogP contribution in [0.3, 0.4) is 0 Å². The summed E-state index contributed by atoms with van der Waals surface area (Å²) in [5, 5.41) is 31.1. The molecule has 7 N–H and O–H groups in total. The first-order valence-electron chi connectivity index (χ1n) is 26.0. The molecule has 19 nitrogen and oxygen atoms in total. The fraction of sp³-hybridized carbons (Fsp3) is 0.760. The molecule has 1 aliphatic heterocycles. The van der Waals surface area contributed by atoms with Gasteiger partial charge in [0.15, 0.2) is 12.3 Å². The molecule has 0 radical (unpaired) electrons. The first-order chi connectivity index (χ1) is 33.9. The van der Waals surface area contributed by atoms with Crippen molar-refractivity contribution in [2.45, 2.75) is 218 Å². The van der Waals surface area contributed by atoms with Gasteiger partial charge in [-0.3, -0.25) is 23.2 Å². The van der Waals surface area contributed by atoms with E-state index in [0.717, 1.165) is 80.9 Å². The Morgan fingerprint density at radius 3 is 1.89 bits per heavy atom. The zero-order valence-corrected chi connectivity index (χ0v) is 44.3. The molecular formula is C50H87N3O16P2. The number of anilines is 1. The molecule has 1 aliphatic rings. The van der Waals surface area contributed by atoms with Crippen LogP contribution in [0, 0.1) is 5.92 Å². The van der Waals surface area contributed by atoms with E-state index in [4.69, 9.17) is 29.0 Å². The first kappa shape index (κ1) is 64.1. The number of phosphoric acid groups is 2. The average molecular weight is 1050 g/mol. The van der Waals surface area contributed by atoms with Crippen LogP contribution in [0.4, 0.5) is 5.82 Å². The number of phosphoric ester groups is 2. The number of allylic oxidation sites excluding steroid dienone is 5. The molecule has 2 rings (SSSR count). The van der Waals surface area contributed by atoms with Gasteiger partial charge in [0.1, 0.15) is 30.7 Å². The molecule has 71 heavy (non-hydrogen) atoms. The third-order valence-corrected chi connectivity index (χ3v) is 14.4. The predicted molar refractivity (Wildman–Crippen MR) is 272 cm³/mol. The van der Waals surface area contributed by atoms with Crippen LogP contribution in [0.15, 0.2) is 53.5 Å². The highest BCUT2D eigenvalue weighted by molar-refractivity contribution is 7.61. The molecule has 8 atom stereocenters. The van der Waals surface area contributed by atoms with E-state index in [-0.39, 0.29) is 18.7 Å². The summed E-state index contributed by atoms with van der Waals surface area (Å²) in [6.45, 7) is 4.26. The number of hydrogen-bond acceptors (Lipinski definition) is 16. The quantitative estimate of drug-likeness (QED) is 0.0117. The number of aliphatic hydroxyl groups is 3. The van der Waals surface area contributed by atoms with Gasteiger partial charge in [-0.2, -0.15) is 9.29 Å². The maximum atomic E-state index is 12.9. The van der Waals surface area contributed by atoms with Crippen molar-refractivity contribution < 1.29 is 71.4 Å². The standard InChI is InChI=1S/C50H87N3O16P2/c1-4-5-6-7-16-21-26-31-41(54)32-27-22-19-24-28-33-45(55)64-37-42(67-46(56)34-29-23-18-15-13-11-9-8-10-12-14-17-20-25-30-40(2)3)38-65-70(60,61)69-71(62,63)66-39-43-47(57)48(58)49(68-43)53-36-35-44(51)52-50(53)59/h5-6,16,21,26,31,35-36,40-43,47-49,54,57-58H,4,7-15,17-20,22-25,27-30,32-34,37-39H2,1-3H3,(H,60,61)(H,62,63)(H2,51,52,59)/b6-5+,21-16+,31-26+/t41?,42-,43-,47-,48-,49-/m1/s1. The molecule has 1 aromatic heterocycles. The highest BCUT2D eigenvalue weighted by atomic mass is 31.3. The Kier molecular flexibility index (Phi) is 34.0.